The van der Waals surface area contributed by atoms with Gasteiger partial charge in [-0.25, -0.2) is 0 Å². The van der Waals surface area contributed by atoms with Crippen molar-refractivity contribution in [3.8, 4) is 5.75 Å². The van der Waals surface area contributed by atoms with Crippen LogP contribution in [0.15, 0.2) is 24.3 Å². The fourth-order valence-corrected chi connectivity index (χ4v) is 1.84. The van der Waals surface area contributed by atoms with Crippen LogP contribution < -0.4 is 4.74 Å². The van der Waals surface area contributed by atoms with Crippen molar-refractivity contribution >= 4 is 17.4 Å². The summed E-state index contributed by atoms with van der Waals surface area (Å²) in [5, 5.41) is -0.599. The molecule has 0 N–H and O–H groups in total. The molecule has 0 saturated carbocycles. The lowest BCUT2D eigenvalue weighted by molar-refractivity contribution is -0.118. The van der Waals surface area contributed by atoms with Gasteiger partial charge in [0.15, 0.2) is 5.78 Å². The van der Waals surface area contributed by atoms with Crippen LogP contribution in [0.2, 0.25) is 0 Å². The van der Waals surface area contributed by atoms with Gasteiger partial charge in [-0.05, 0) is 12.5 Å². The predicted octanol–water partition coefficient (Wildman–Crippen LogP) is 4.12. The van der Waals surface area contributed by atoms with E-state index in [1.807, 2.05) is 31.2 Å². The Morgan fingerprint density at radius 2 is 2.06 bits per heavy atom. The molecule has 0 radical (unpaired) electrons. The van der Waals surface area contributed by atoms with Crippen LogP contribution in [-0.4, -0.2) is 12.4 Å². The molecular formula is C14H19ClO2. The van der Waals surface area contributed by atoms with Gasteiger partial charge in [0, 0.05) is 12.0 Å². The van der Waals surface area contributed by atoms with Crippen molar-refractivity contribution in [2.45, 2.75) is 38.5 Å². The summed E-state index contributed by atoms with van der Waals surface area (Å²) in [6, 6.07) is 7.49. The van der Waals surface area contributed by atoms with Crippen molar-refractivity contribution in [2.75, 3.05) is 6.61 Å². The predicted molar refractivity (Wildman–Crippen MR) is 70.7 cm³/mol. The van der Waals surface area contributed by atoms with E-state index >= 15 is 0 Å². The number of para-hydroxylation sites is 1. The van der Waals surface area contributed by atoms with Crippen LogP contribution in [0.3, 0.4) is 0 Å². The van der Waals surface area contributed by atoms with E-state index < -0.39 is 5.38 Å². The number of unbranched alkanes of at least 4 members (excludes halogenated alkanes) is 1. The summed E-state index contributed by atoms with van der Waals surface area (Å²) in [6.07, 6.45) is 2.53. The Bertz CT molecular complexity index is 363. The molecule has 2 nitrogen and oxygen atoms in total. The highest BCUT2D eigenvalue weighted by atomic mass is 35.5. The van der Waals surface area contributed by atoms with E-state index in [0.717, 1.165) is 24.2 Å². The Balaban J connectivity index is 2.79. The van der Waals surface area contributed by atoms with Crippen molar-refractivity contribution in [3.05, 3.63) is 29.8 Å². The van der Waals surface area contributed by atoms with Crippen LogP contribution in [-0.2, 0) is 4.79 Å². The Morgan fingerprint density at radius 1 is 1.35 bits per heavy atom. The first-order valence-corrected chi connectivity index (χ1v) is 6.52. The maximum atomic E-state index is 11.6. The Labute approximate surface area is 108 Å². The van der Waals surface area contributed by atoms with Crippen LogP contribution in [0.4, 0.5) is 0 Å². The number of carbonyl (C=O) groups is 1. The average molecular weight is 255 g/mol. The van der Waals surface area contributed by atoms with E-state index in [1.165, 1.54) is 0 Å². The molecule has 1 rings (SSSR count). The number of halogens is 1. The number of carbonyl (C=O) groups excluding carboxylic acids is 1. The zero-order valence-corrected chi connectivity index (χ0v) is 11.2. The summed E-state index contributed by atoms with van der Waals surface area (Å²) in [7, 11) is 0. The van der Waals surface area contributed by atoms with Gasteiger partial charge < -0.3 is 4.74 Å². The second-order valence-corrected chi connectivity index (χ2v) is 4.36. The van der Waals surface area contributed by atoms with Crippen LogP contribution in [0.1, 0.15) is 44.1 Å². The van der Waals surface area contributed by atoms with E-state index in [-0.39, 0.29) is 5.78 Å². The maximum absolute atomic E-state index is 11.6. The van der Waals surface area contributed by atoms with Gasteiger partial charge in [0.2, 0.25) is 0 Å². The summed E-state index contributed by atoms with van der Waals surface area (Å²) in [6.45, 7) is 4.59. The second kappa shape index (κ2) is 7.33. The molecule has 0 amide bonds. The van der Waals surface area contributed by atoms with E-state index in [0.29, 0.717) is 13.0 Å². The Hall–Kier alpha value is -1.02. The van der Waals surface area contributed by atoms with Crippen molar-refractivity contribution < 1.29 is 9.53 Å². The van der Waals surface area contributed by atoms with Crippen LogP contribution in [0.25, 0.3) is 0 Å². The normalized spacial score (nSPS) is 12.2. The van der Waals surface area contributed by atoms with Crippen LogP contribution in [0, 0.1) is 0 Å². The molecule has 0 aromatic heterocycles. The lowest BCUT2D eigenvalue weighted by Gasteiger charge is -2.14. The maximum Gasteiger partial charge on any atom is 0.155 e. The minimum absolute atomic E-state index is 0.0261. The number of hydrogen-bond acceptors (Lipinski definition) is 2. The molecule has 1 unspecified atom stereocenters. The quantitative estimate of drug-likeness (QED) is 0.540. The molecule has 0 aliphatic rings. The topological polar surface area (TPSA) is 26.3 Å². The summed E-state index contributed by atoms with van der Waals surface area (Å²) < 4.78 is 5.66. The molecule has 1 atom stereocenters. The number of benzene rings is 1. The van der Waals surface area contributed by atoms with Gasteiger partial charge in [-0.3, -0.25) is 4.79 Å². The van der Waals surface area contributed by atoms with Gasteiger partial charge in [-0.1, -0.05) is 38.5 Å². The molecule has 3 heteroatoms. The number of ether oxygens (including phenoxy) is 1. The van der Waals surface area contributed by atoms with Crippen molar-refractivity contribution in [3.63, 3.8) is 0 Å². The van der Waals surface area contributed by atoms with E-state index in [1.54, 1.807) is 0 Å². The largest absolute Gasteiger partial charge is 0.493 e. The first-order valence-electron chi connectivity index (χ1n) is 6.09. The molecule has 0 saturated heterocycles. The van der Waals surface area contributed by atoms with E-state index in [9.17, 15) is 4.79 Å². The number of alkyl halides is 1. The van der Waals surface area contributed by atoms with Gasteiger partial charge in [0.05, 0.1) is 6.61 Å². The molecule has 0 aliphatic carbocycles. The monoisotopic (exact) mass is 254 g/mol. The summed E-state index contributed by atoms with van der Waals surface area (Å²) in [5.41, 5.74) is 0.775. The summed E-state index contributed by atoms with van der Waals surface area (Å²) in [4.78, 5) is 11.6. The molecular weight excluding hydrogens is 236 g/mol. The van der Waals surface area contributed by atoms with Crippen molar-refractivity contribution in [1.29, 1.82) is 0 Å². The van der Waals surface area contributed by atoms with E-state index in [4.69, 9.17) is 16.3 Å². The third-order valence-corrected chi connectivity index (χ3v) is 3.06. The molecule has 1 aromatic carbocycles. The van der Waals surface area contributed by atoms with Gasteiger partial charge in [-0.2, -0.15) is 0 Å². The SMILES string of the molecule is CCCCOc1ccccc1C(Cl)C(=O)CC. The summed E-state index contributed by atoms with van der Waals surface area (Å²) >= 11 is 6.15. The van der Waals surface area contributed by atoms with Crippen LogP contribution >= 0.6 is 11.6 Å². The Kier molecular flexibility index (Phi) is 6.06. The minimum Gasteiger partial charge on any atom is -0.493 e. The molecule has 1 aromatic rings. The molecule has 94 valence electrons. The molecule has 17 heavy (non-hydrogen) atoms. The molecule has 0 fully saturated rings. The highest BCUT2D eigenvalue weighted by molar-refractivity contribution is 6.31. The zero-order valence-electron chi connectivity index (χ0n) is 10.4. The van der Waals surface area contributed by atoms with Crippen molar-refractivity contribution in [1.82, 2.24) is 0 Å². The first-order chi connectivity index (χ1) is 8.20. The van der Waals surface area contributed by atoms with Crippen LogP contribution in [0.5, 0.6) is 5.75 Å². The standard InChI is InChI=1S/C14H19ClO2/c1-3-5-10-17-13-9-7-6-8-11(13)14(15)12(16)4-2/h6-9,14H,3-5,10H2,1-2H3. The number of Topliss-reactive ketones (excluding diaryl/α,β-unsaturated/α-hetero) is 1. The zero-order chi connectivity index (χ0) is 12.7. The second-order valence-electron chi connectivity index (χ2n) is 3.92. The first kappa shape index (κ1) is 14.0. The third-order valence-electron chi connectivity index (χ3n) is 2.58. The molecule has 0 spiro atoms. The average Bonchev–Trinajstić information content (AvgIpc) is 2.38. The highest BCUT2D eigenvalue weighted by Gasteiger charge is 2.19. The van der Waals surface area contributed by atoms with E-state index in [2.05, 4.69) is 6.92 Å². The minimum atomic E-state index is -0.599. The fourth-order valence-electron chi connectivity index (χ4n) is 1.50. The lowest BCUT2D eigenvalue weighted by atomic mass is 10.1. The Morgan fingerprint density at radius 3 is 2.71 bits per heavy atom. The fraction of sp³-hybridized carbons (Fsp3) is 0.500. The number of ketones is 1. The molecule has 0 aliphatic heterocycles. The number of hydrogen-bond donors (Lipinski definition) is 0. The highest BCUT2D eigenvalue weighted by Crippen LogP contribution is 2.31. The molecule has 0 heterocycles. The van der Waals surface area contributed by atoms with Gasteiger partial charge in [0.25, 0.3) is 0 Å². The summed E-state index contributed by atoms with van der Waals surface area (Å²) in [5.74, 6) is 0.751. The van der Waals surface area contributed by atoms with Gasteiger partial charge in [0.1, 0.15) is 11.1 Å². The van der Waals surface area contributed by atoms with Crippen molar-refractivity contribution in [2.24, 2.45) is 0 Å². The third kappa shape index (κ3) is 4.04. The van der Waals surface area contributed by atoms with Gasteiger partial charge >= 0.3 is 0 Å². The molecule has 0 bridgehead atoms. The van der Waals surface area contributed by atoms with Gasteiger partial charge in [-0.15, -0.1) is 11.6 Å². The lowest BCUT2D eigenvalue weighted by Crippen LogP contribution is -2.08. The number of rotatable bonds is 7. The smallest absolute Gasteiger partial charge is 0.155 e.